The minimum absolute atomic E-state index is 0.00158. The first-order chi connectivity index (χ1) is 49.5. The van der Waals surface area contributed by atoms with Gasteiger partial charge in [0.2, 0.25) is 11.6 Å². The Bertz CT molecular complexity index is 4110. The average Bonchev–Trinajstić information content (AvgIpc) is 1.60. The molecule has 0 spiro atoms. The number of carbonyl (C=O) groups excluding carboxylic acids is 8. The zero-order chi connectivity index (χ0) is 78.9. The summed E-state index contributed by atoms with van der Waals surface area (Å²) in [6, 6.07) is 22.7. The van der Waals surface area contributed by atoms with E-state index in [0.717, 1.165) is 88.3 Å². The lowest BCUT2D eigenvalue weighted by Crippen LogP contribution is -2.46. The molecular weight excluding hydrogens is 1450 g/mol. The van der Waals surface area contributed by atoms with Gasteiger partial charge in [-0.15, -0.1) is 25.3 Å². The number of rotatable bonds is 39. The highest BCUT2D eigenvalue weighted by Gasteiger charge is 2.44. The van der Waals surface area contributed by atoms with Crippen LogP contribution in [0.5, 0.6) is 0 Å². The number of nitrogens with one attached hydrogen (secondary N) is 3. The Balaban J connectivity index is 0.00000246. The predicted octanol–water partition coefficient (Wildman–Crippen LogP) is 8.33. The SMILES string of the molecule is CCCNC(=O)N[C@@H](CCC(=O)CCCCCCCCC(=O)N[C@@H](Cc1ccccc1)C(=O)CC(CCC1=C(C=CC2=[N+](CCCCS(=O)(=O)O)c3ccccc3C2(C)C)CCCC1=CC=C1N(CCCCS(=O)(=O)[O-])c2ccccc2C1(C)C)C(=O)O)C(=O)O.O=C=O.O=C=O.O=S(=O)=O.O=S(=O)=O. The van der Waals surface area contributed by atoms with Crippen molar-refractivity contribution in [3.63, 3.8) is 0 Å². The molecular formula is C72H95N5O24S4. The number of benzene rings is 3. The van der Waals surface area contributed by atoms with E-state index < -0.39 is 99.8 Å². The smallest absolute Gasteiger partial charge is 0.425 e. The van der Waals surface area contributed by atoms with Crippen molar-refractivity contribution in [1.29, 1.82) is 0 Å². The van der Waals surface area contributed by atoms with Gasteiger partial charge in [0.1, 0.15) is 18.4 Å². The third-order valence-corrected chi connectivity index (χ3v) is 19.3. The van der Waals surface area contributed by atoms with Crippen molar-refractivity contribution >= 4 is 106 Å². The van der Waals surface area contributed by atoms with Crippen molar-refractivity contribution in [3.8, 4) is 0 Å². The molecule has 6 rings (SSSR count). The van der Waals surface area contributed by atoms with Gasteiger partial charge in [0.15, 0.2) is 11.5 Å². The molecule has 576 valence electrons. The third kappa shape index (κ3) is 34.6. The van der Waals surface area contributed by atoms with Crippen LogP contribution in [0.15, 0.2) is 126 Å². The molecule has 0 radical (unpaired) electrons. The minimum Gasteiger partial charge on any atom is -0.748 e. The van der Waals surface area contributed by atoms with Gasteiger partial charge < -0.3 is 35.6 Å². The molecule has 105 heavy (non-hydrogen) atoms. The Morgan fingerprint density at radius 2 is 1.23 bits per heavy atom. The van der Waals surface area contributed by atoms with E-state index >= 15 is 0 Å². The first kappa shape index (κ1) is 92.0. The normalized spacial score (nSPS) is 15.6. The second-order valence-electron chi connectivity index (χ2n) is 26.0. The zero-order valence-corrected chi connectivity index (χ0v) is 62.8. The molecule has 1 aliphatic carbocycles. The second kappa shape index (κ2) is 47.4. The Morgan fingerprint density at radius 1 is 0.657 bits per heavy atom. The molecule has 0 bridgehead atoms. The van der Waals surface area contributed by atoms with Gasteiger partial charge in [-0.1, -0.05) is 125 Å². The largest absolute Gasteiger partial charge is 0.748 e. The van der Waals surface area contributed by atoms with Crippen LogP contribution in [0.25, 0.3) is 0 Å². The van der Waals surface area contributed by atoms with Gasteiger partial charge in [-0.25, -0.2) is 18.0 Å². The maximum absolute atomic E-state index is 14.6. The molecule has 2 heterocycles. The van der Waals surface area contributed by atoms with Crippen LogP contribution in [0.2, 0.25) is 0 Å². The molecule has 0 aromatic heterocycles. The van der Waals surface area contributed by atoms with Crippen LogP contribution < -0.4 is 20.9 Å². The van der Waals surface area contributed by atoms with Crippen LogP contribution in [-0.2, 0) is 102 Å². The van der Waals surface area contributed by atoms with Gasteiger partial charge in [-0.05, 0) is 137 Å². The van der Waals surface area contributed by atoms with Crippen molar-refractivity contribution in [1.82, 2.24) is 16.0 Å². The fourth-order valence-electron chi connectivity index (χ4n) is 12.7. The van der Waals surface area contributed by atoms with E-state index in [1.165, 1.54) is 0 Å². The van der Waals surface area contributed by atoms with E-state index in [1.807, 2.05) is 73.7 Å². The quantitative estimate of drug-likeness (QED) is 0.0177. The van der Waals surface area contributed by atoms with E-state index in [-0.39, 0.29) is 81.1 Å². The summed E-state index contributed by atoms with van der Waals surface area (Å²) in [6.07, 6.45) is 18.3. The third-order valence-electron chi connectivity index (χ3n) is 17.7. The first-order valence-corrected chi connectivity index (χ1v) is 39.4. The Labute approximate surface area is 615 Å². The summed E-state index contributed by atoms with van der Waals surface area (Å²) in [5.41, 5.74) is 9.02. The number of nitrogens with zero attached hydrogens (tertiary/aromatic N) is 2. The number of carboxylic acids is 2. The van der Waals surface area contributed by atoms with Crippen LogP contribution in [0, 0.1) is 5.92 Å². The summed E-state index contributed by atoms with van der Waals surface area (Å²) < 4.78 is 120. The zero-order valence-electron chi connectivity index (χ0n) is 59.6. The Morgan fingerprint density at radius 3 is 1.82 bits per heavy atom. The molecule has 0 fully saturated rings. The fraction of sp³-hybridized carbons (Fsp3) is 0.514. The number of para-hydroxylation sites is 2. The number of Topliss-reactive ketones (excluding diaryl/α,β-unsaturated/α-hetero) is 2. The lowest BCUT2D eigenvalue weighted by molar-refractivity contribution is -0.438. The van der Waals surface area contributed by atoms with Crippen molar-refractivity contribution in [3.05, 3.63) is 142 Å². The van der Waals surface area contributed by atoms with Crippen LogP contribution in [0.4, 0.5) is 16.2 Å². The van der Waals surface area contributed by atoms with Gasteiger partial charge in [0.25, 0.3) is 10.1 Å². The lowest BCUT2D eigenvalue weighted by Gasteiger charge is -2.28. The fourth-order valence-corrected chi connectivity index (χ4v) is 13.8. The number of amides is 3. The van der Waals surface area contributed by atoms with E-state index in [2.05, 4.69) is 89.6 Å². The number of urea groups is 1. The number of aliphatic carboxylic acids is 2. The summed E-state index contributed by atoms with van der Waals surface area (Å²) in [5.74, 6) is -5.03. The molecule has 3 aromatic carbocycles. The van der Waals surface area contributed by atoms with Gasteiger partial charge in [0.05, 0.1) is 33.2 Å². The predicted molar refractivity (Wildman–Crippen MR) is 383 cm³/mol. The number of fused-ring (bicyclic) bond motifs is 2. The number of anilines is 1. The lowest BCUT2D eigenvalue weighted by atomic mass is 9.79. The van der Waals surface area contributed by atoms with Crippen LogP contribution in [0.1, 0.15) is 186 Å². The molecule has 0 saturated carbocycles. The Kier molecular flexibility index (Phi) is 41.5. The number of ketones is 2. The number of allylic oxidation sites excluding steroid dienone is 8. The van der Waals surface area contributed by atoms with Gasteiger partial charge >= 0.3 is 51.5 Å². The summed E-state index contributed by atoms with van der Waals surface area (Å²) in [7, 11) is -14.8. The minimum atomic E-state index is -4.39. The molecule has 29 nitrogen and oxygen atoms in total. The van der Waals surface area contributed by atoms with E-state index in [0.29, 0.717) is 77.4 Å². The van der Waals surface area contributed by atoms with Crippen molar-refractivity contribution < 1.29 is 114 Å². The maximum Gasteiger partial charge on any atom is 0.425 e. The molecule has 33 heteroatoms. The van der Waals surface area contributed by atoms with Crippen molar-refractivity contribution in [2.24, 2.45) is 5.92 Å². The maximum atomic E-state index is 14.6. The second-order valence-corrected chi connectivity index (χ2v) is 29.9. The monoisotopic (exact) mass is 1540 g/mol. The standard InChI is InChI=1S/C70H95N5O14S2.2CO2.2O3S/c1-6-43-71-68(83)73-58(67(81)82)40-38-54(76)29-14-9-7-8-10-15-34-65(78)72-59(48-50-25-12-11-13-26-50)62(77)49-53(66(79)80)35-39-55-51(36-41-63-69(2,3)56-30-16-18-32-60(56)74(63)44-20-22-46-90(84,85)86)27-24-28-52(55)37-42-64-70(4,5)57-31-17-19-33-61(57)75(64)45-21-23-47-91(87,88)89;2*2-1-3;2*1-4(2)3/h11-13,16-19,25-26,30-33,36-37,41-42,53,58-59H,6-10,14-15,20-24,27-29,34-35,38-40,43-49H2,1-5H3,(H6-,71,72,73,78,79,80,81,82,83,84,85,86,87,88,89);;;;/t53?,58-,59-;;;;/m0..../s1. The highest BCUT2D eigenvalue weighted by Crippen LogP contribution is 2.48. The highest BCUT2D eigenvalue weighted by atomic mass is 32.2. The molecule has 6 N–H and O–H groups in total. The summed E-state index contributed by atoms with van der Waals surface area (Å²) in [6.45, 7) is 11.8. The Hall–Kier alpha value is -9.07. The van der Waals surface area contributed by atoms with Gasteiger partial charge in [-0.3, -0.25) is 23.7 Å². The van der Waals surface area contributed by atoms with Crippen molar-refractivity contribution in [2.45, 2.75) is 199 Å². The van der Waals surface area contributed by atoms with E-state index in [9.17, 15) is 64.9 Å². The van der Waals surface area contributed by atoms with E-state index in [1.54, 1.807) is 0 Å². The summed E-state index contributed by atoms with van der Waals surface area (Å²) in [5, 5.41) is 28.4. The highest BCUT2D eigenvalue weighted by molar-refractivity contribution is 7.85. The number of hydrogen-bond acceptors (Lipinski definition) is 22. The number of unbranched alkanes of at least 4 members (excludes halogenated alkanes) is 7. The molecule has 3 atom stereocenters. The summed E-state index contributed by atoms with van der Waals surface area (Å²) in [4.78, 5) is 112. The van der Waals surface area contributed by atoms with Gasteiger partial charge in [0, 0.05) is 85.5 Å². The first-order valence-electron chi connectivity index (χ1n) is 34.2. The van der Waals surface area contributed by atoms with Crippen LogP contribution in [-0.4, -0.2) is 163 Å². The van der Waals surface area contributed by atoms with E-state index in [4.69, 9.17) is 44.4 Å². The summed E-state index contributed by atoms with van der Waals surface area (Å²) >= 11 is 0. The molecule has 3 amide bonds. The molecule has 0 saturated heterocycles. The van der Waals surface area contributed by atoms with Crippen LogP contribution in [0.3, 0.4) is 0 Å². The molecule has 2 aliphatic heterocycles. The number of carboxylic acid groups (broad SMARTS) is 2. The van der Waals surface area contributed by atoms with Gasteiger partial charge in [-0.2, -0.15) is 32.2 Å². The van der Waals surface area contributed by atoms with Crippen molar-refractivity contribution in [2.75, 3.05) is 36.0 Å². The molecule has 3 aromatic rings. The average molecular weight is 1540 g/mol. The topological polar surface area (TPSA) is 467 Å². The molecule has 3 aliphatic rings. The molecule has 1 unspecified atom stereocenters. The number of carbonyl (C=O) groups is 6. The number of hydrogen-bond donors (Lipinski definition) is 6. The van der Waals surface area contributed by atoms with Crippen LogP contribution >= 0.6 is 0 Å².